The quantitative estimate of drug-likeness (QED) is 0.286. The topological polar surface area (TPSA) is 67.9 Å². The Morgan fingerprint density at radius 2 is 1.78 bits per heavy atom. The molecule has 1 fully saturated rings. The van der Waals surface area contributed by atoms with Crippen molar-refractivity contribution in [1.82, 2.24) is 0 Å². The first-order valence-electron chi connectivity index (χ1n) is 11.5. The van der Waals surface area contributed by atoms with Crippen LogP contribution in [0.15, 0.2) is 71.6 Å². The van der Waals surface area contributed by atoms with Crippen LogP contribution in [-0.2, 0) is 9.59 Å². The van der Waals surface area contributed by atoms with Crippen molar-refractivity contribution in [3.8, 4) is 11.5 Å². The maximum atomic E-state index is 13.2. The highest BCUT2D eigenvalue weighted by Gasteiger charge is 2.33. The highest BCUT2D eigenvalue weighted by molar-refractivity contribution is 8.27. The molecule has 1 saturated heterocycles. The first-order chi connectivity index (χ1) is 17.4. The van der Waals surface area contributed by atoms with Gasteiger partial charge in [0.1, 0.15) is 11.5 Å². The van der Waals surface area contributed by atoms with E-state index in [-0.39, 0.29) is 18.4 Å². The zero-order valence-electron chi connectivity index (χ0n) is 20.2. The minimum absolute atomic E-state index is 0.162. The Labute approximate surface area is 220 Å². The molecular formula is C28H26N2O4S2. The zero-order valence-corrected chi connectivity index (χ0v) is 21.9. The van der Waals surface area contributed by atoms with Gasteiger partial charge in [-0.3, -0.25) is 14.5 Å². The number of para-hydroxylation sites is 1. The second-order valence-electron chi connectivity index (χ2n) is 8.12. The van der Waals surface area contributed by atoms with Crippen molar-refractivity contribution >= 4 is 57.6 Å². The number of hydrogen-bond donors (Lipinski definition) is 1. The molecule has 3 aromatic carbocycles. The molecule has 1 heterocycles. The van der Waals surface area contributed by atoms with Crippen LogP contribution in [0.4, 0.5) is 11.4 Å². The predicted octanol–water partition coefficient (Wildman–Crippen LogP) is 6.13. The second kappa shape index (κ2) is 11.4. The summed E-state index contributed by atoms with van der Waals surface area (Å²) in [5, 5.41) is 2.85. The monoisotopic (exact) mass is 518 g/mol. The number of nitrogens with one attached hydrogen (secondary N) is 1. The molecule has 1 aliphatic heterocycles. The van der Waals surface area contributed by atoms with Gasteiger partial charge in [0.25, 0.3) is 11.8 Å². The summed E-state index contributed by atoms with van der Waals surface area (Å²) in [7, 11) is 0. The van der Waals surface area contributed by atoms with Gasteiger partial charge in [-0.15, -0.1) is 0 Å². The van der Waals surface area contributed by atoms with Crippen LogP contribution in [-0.4, -0.2) is 29.3 Å². The Bertz CT molecular complexity index is 1340. The minimum atomic E-state index is -0.269. The van der Waals surface area contributed by atoms with Gasteiger partial charge in [0.15, 0.2) is 10.9 Å². The Kier molecular flexibility index (Phi) is 8.07. The van der Waals surface area contributed by atoms with E-state index in [1.165, 1.54) is 16.7 Å². The van der Waals surface area contributed by atoms with Gasteiger partial charge >= 0.3 is 0 Å². The number of rotatable bonds is 8. The molecule has 36 heavy (non-hydrogen) atoms. The summed E-state index contributed by atoms with van der Waals surface area (Å²) in [4.78, 5) is 27.6. The van der Waals surface area contributed by atoms with E-state index in [4.69, 9.17) is 21.7 Å². The number of thioether (sulfide) groups is 1. The van der Waals surface area contributed by atoms with Crippen LogP contribution in [0.5, 0.6) is 11.5 Å². The van der Waals surface area contributed by atoms with Crippen molar-refractivity contribution in [2.24, 2.45) is 0 Å². The standard InChI is InChI=1S/C28H26N2O4S2/c1-4-33-23-13-11-22(12-14-23)30-27(32)25(36-28(30)35)16-20-7-5-6-8-24(20)34-17-26(31)29-21-10-9-18(2)19(3)15-21/h5-16H,4,17H2,1-3H3,(H,29,31)/b25-16-. The summed E-state index contributed by atoms with van der Waals surface area (Å²) in [6.45, 7) is 6.34. The number of nitrogens with zero attached hydrogens (tertiary/aromatic N) is 1. The maximum absolute atomic E-state index is 13.2. The van der Waals surface area contributed by atoms with Crippen LogP contribution in [0, 0.1) is 13.8 Å². The average Bonchev–Trinajstić information content (AvgIpc) is 3.14. The summed E-state index contributed by atoms with van der Waals surface area (Å²) < 4.78 is 11.7. The first kappa shape index (κ1) is 25.5. The number of hydrogen-bond acceptors (Lipinski definition) is 6. The molecule has 2 amide bonds. The molecule has 3 aromatic rings. The summed E-state index contributed by atoms with van der Waals surface area (Å²) in [6, 6.07) is 20.3. The number of anilines is 2. The summed E-state index contributed by atoms with van der Waals surface area (Å²) in [5.41, 5.74) is 4.34. The number of carbonyl (C=O) groups excluding carboxylic acids is 2. The van der Waals surface area contributed by atoms with E-state index in [0.29, 0.717) is 32.8 Å². The highest BCUT2D eigenvalue weighted by Crippen LogP contribution is 2.37. The van der Waals surface area contributed by atoms with E-state index in [0.717, 1.165) is 22.6 Å². The molecular weight excluding hydrogens is 492 g/mol. The number of aryl methyl sites for hydroxylation is 2. The highest BCUT2D eigenvalue weighted by atomic mass is 32.2. The van der Waals surface area contributed by atoms with Crippen molar-refractivity contribution < 1.29 is 19.1 Å². The molecule has 0 spiro atoms. The van der Waals surface area contributed by atoms with E-state index in [2.05, 4.69) is 5.32 Å². The lowest BCUT2D eigenvalue weighted by molar-refractivity contribution is -0.118. The molecule has 0 bridgehead atoms. The Hall–Kier alpha value is -3.62. The summed E-state index contributed by atoms with van der Waals surface area (Å²) in [5.74, 6) is 0.750. The van der Waals surface area contributed by atoms with Crippen LogP contribution in [0.3, 0.4) is 0 Å². The van der Waals surface area contributed by atoms with Crippen LogP contribution >= 0.6 is 24.0 Å². The van der Waals surface area contributed by atoms with Gasteiger partial charge in [0.05, 0.1) is 17.2 Å². The predicted molar refractivity (Wildman–Crippen MR) is 150 cm³/mol. The van der Waals surface area contributed by atoms with Gasteiger partial charge in [-0.1, -0.05) is 48.2 Å². The minimum Gasteiger partial charge on any atom is -0.494 e. The normalized spacial score (nSPS) is 14.3. The molecule has 6 nitrogen and oxygen atoms in total. The molecule has 8 heteroatoms. The van der Waals surface area contributed by atoms with Crippen molar-refractivity contribution in [2.45, 2.75) is 20.8 Å². The summed E-state index contributed by atoms with van der Waals surface area (Å²) >= 11 is 6.71. The van der Waals surface area contributed by atoms with Crippen LogP contribution in [0.25, 0.3) is 6.08 Å². The van der Waals surface area contributed by atoms with E-state index < -0.39 is 0 Å². The van der Waals surface area contributed by atoms with Crippen LogP contribution in [0.1, 0.15) is 23.6 Å². The lowest BCUT2D eigenvalue weighted by Gasteiger charge is -2.15. The van der Waals surface area contributed by atoms with Crippen LogP contribution in [0.2, 0.25) is 0 Å². The van der Waals surface area contributed by atoms with Gasteiger partial charge in [0.2, 0.25) is 0 Å². The van der Waals surface area contributed by atoms with Gasteiger partial charge in [-0.05, 0) is 80.4 Å². The molecule has 0 aromatic heterocycles. The lowest BCUT2D eigenvalue weighted by Crippen LogP contribution is -2.27. The number of amides is 2. The number of benzene rings is 3. The Balaban J connectivity index is 1.46. The number of ether oxygens (including phenoxy) is 2. The molecule has 0 unspecified atom stereocenters. The van der Waals surface area contributed by atoms with E-state index in [9.17, 15) is 9.59 Å². The van der Waals surface area contributed by atoms with Crippen molar-refractivity contribution in [3.05, 3.63) is 88.3 Å². The summed E-state index contributed by atoms with van der Waals surface area (Å²) in [6.07, 6.45) is 1.74. The van der Waals surface area contributed by atoms with Crippen molar-refractivity contribution in [3.63, 3.8) is 0 Å². The van der Waals surface area contributed by atoms with Gasteiger partial charge in [-0.2, -0.15) is 0 Å². The molecule has 184 valence electrons. The van der Waals surface area contributed by atoms with Crippen molar-refractivity contribution in [1.29, 1.82) is 0 Å². The fraction of sp³-hybridized carbons (Fsp3) is 0.179. The van der Waals surface area contributed by atoms with E-state index >= 15 is 0 Å². The smallest absolute Gasteiger partial charge is 0.270 e. The molecule has 4 rings (SSSR count). The third-order valence-corrected chi connectivity index (χ3v) is 6.86. The number of thiocarbonyl (C=S) groups is 1. The first-order valence-corrected chi connectivity index (χ1v) is 12.7. The van der Waals surface area contributed by atoms with Gasteiger partial charge in [0, 0.05) is 11.3 Å². The molecule has 1 aliphatic rings. The fourth-order valence-corrected chi connectivity index (χ4v) is 4.87. The third kappa shape index (κ3) is 5.95. The van der Waals surface area contributed by atoms with Gasteiger partial charge in [-0.25, -0.2) is 0 Å². The third-order valence-electron chi connectivity index (χ3n) is 5.55. The Morgan fingerprint density at radius 1 is 1.03 bits per heavy atom. The second-order valence-corrected chi connectivity index (χ2v) is 9.79. The van der Waals surface area contributed by atoms with Crippen LogP contribution < -0.4 is 19.7 Å². The van der Waals surface area contributed by atoms with Crippen molar-refractivity contribution in [2.75, 3.05) is 23.4 Å². The van der Waals surface area contributed by atoms with E-state index in [1.807, 2.05) is 81.4 Å². The number of carbonyl (C=O) groups is 2. The van der Waals surface area contributed by atoms with Gasteiger partial charge < -0.3 is 14.8 Å². The largest absolute Gasteiger partial charge is 0.494 e. The molecule has 1 N–H and O–H groups in total. The SMILES string of the molecule is CCOc1ccc(N2C(=O)/C(=C/c3ccccc3OCC(=O)Nc3ccc(C)c(C)c3)SC2=S)cc1. The molecule has 0 atom stereocenters. The molecule has 0 radical (unpaired) electrons. The molecule has 0 saturated carbocycles. The average molecular weight is 519 g/mol. The zero-order chi connectivity index (χ0) is 25.7. The Morgan fingerprint density at radius 3 is 2.50 bits per heavy atom. The fourth-order valence-electron chi connectivity index (χ4n) is 3.58. The van der Waals surface area contributed by atoms with E-state index in [1.54, 1.807) is 12.1 Å². The lowest BCUT2D eigenvalue weighted by atomic mass is 10.1. The molecule has 0 aliphatic carbocycles. The maximum Gasteiger partial charge on any atom is 0.270 e.